The van der Waals surface area contributed by atoms with E-state index in [9.17, 15) is 39.6 Å². The third-order valence-electron chi connectivity index (χ3n) is 18.2. The molecule has 560 valence electrons. The predicted molar refractivity (Wildman–Crippen MR) is 399 cm³/mol. The summed E-state index contributed by atoms with van der Waals surface area (Å²) in [5, 5.41) is 60.2. The van der Waals surface area contributed by atoms with Crippen LogP contribution in [0.3, 0.4) is 0 Å². The maximum Gasteiger partial charge on any atom is 0.220 e. The standard InChI is InChI=1S/C38H70N8O4.C38H78N4O4/c1-3-5-19-25-33(43-45-39)35(47)27-21-15-11-7-9-13-17-23-29-37(49)41-31-32-42-38(50)30-24-18-14-10-8-12-16-22-28-36(48)34(44-46-40)26-20-6-4-2;1-3-5-19-25-33(39)35(43)27-21-15-11-7-9-13-17-23-29-37(45)41-31-32-42-38(46)30-24-18-14-10-8-12-16-22-28-36(44)34(40)26-20-6-4-2/h15-16,21-22,33-36,47-48H,3-14,17-20,23-32H2,1-2H3,(H,41,49)(H,42,50);33-36,43-44H,3-32,39-40H2,1-2H3,(H,41,45)(H,42,46). The predicted octanol–water partition coefficient (Wildman–Crippen LogP) is 17.4. The van der Waals surface area contributed by atoms with E-state index in [1.807, 2.05) is 12.2 Å². The van der Waals surface area contributed by atoms with Gasteiger partial charge in [-0.1, -0.05) is 268 Å². The zero-order valence-electron chi connectivity index (χ0n) is 61.8. The van der Waals surface area contributed by atoms with Gasteiger partial charge in [0.1, 0.15) is 0 Å². The number of azide groups is 2. The summed E-state index contributed by atoms with van der Waals surface area (Å²) in [4.78, 5) is 54.1. The molecule has 0 aliphatic rings. The average Bonchev–Trinajstić information content (AvgIpc) is 3.63. The van der Waals surface area contributed by atoms with E-state index in [1.54, 1.807) is 0 Å². The Bertz CT molecular complexity index is 1810. The van der Waals surface area contributed by atoms with E-state index in [4.69, 9.17) is 22.5 Å². The first-order valence-corrected chi connectivity index (χ1v) is 39.4. The summed E-state index contributed by atoms with van der Waals surface area (Å²) >= 11 is 0. The third kappa shape index (κ3) is 65.7. The molecule has 0 aromatic rings. The van der Waals surface area contributed by atoms with E-state index in [1.165, 1.54) is 64.2 Å². The van der Waals surface area contributed by atoms with Crippen molar-refractivity contribution in [2.45, 2.75) is 410 Å². The summed E-state index contributed by atoms with van der Waals surface area (Å²) in [6, 6.07) is -0.854. The van der Waals surface area contributed by atoms with Crippen LogP contribution in [0.5, 0.6) is 0 Å². The van der Waals surface area contributed by atoms with Crippen LogP contribution < -0.4 is 32.7 Å². The number of carbonyl (C=O) groups excluding carboxylic acids is 4. The molecule has 0 heterocycles. The number of aliphatic hydroxyl groups excluding tert-OH is 4. The fourth-order valence-electron chi connectivity index (χ4n) is 11.8. The van der Waals surface area contributed by atoms with E-state index < -0.39 is 12.2 Å². The molecule has 8 atom stereocenters. The molecule has 0 aromatic carbocycles. The number of nitrogens with two attached hydrogens (primary N) is 2. The van der Waals surface area contributed by atoms with E-state index in [0.717, 1.165) is 231 Å². The molecule has 0 aliphatic carbocycles. The molecule has 0 aromatic heterocycles. The number of aliphatic hydroxyl groups is 4. The van der Waals surface area contributed by atoms with Crippen molar-refractivity contribution in [2.24, 2.45) is 21.7 Å². The summed E-state index contributed by atoms with van der Waals surface area (Å²) in [7, 11) is 0. The monoisotopic (exact) mass is 1360 g/mol. The number of hydrogen-bond donors (Lipinski definition) is 10. The number of carbonyl (C=O) groups is 4. The number of nitrogens with zero attached hydrogens (tertiary/aromatic N) is 6. The number of allylic oxidation sites excluding steroid dienone is 2. The van der Waals surface area contributed by atoms with E-state index >= 15 is 0 Å². The van der Waals surface area contributed by atoms with Gasteiger partial charge < -0.3 is 53.2 Å². The van der Waals surface area contributed by atoms with Crippen LogP contribution in [0.4, 0.5) is 0 Å². The van der Waals surface area contributed by atoms with Gasteiger partial charge in [0.05, 0.1) is 36.5 Å². The smallest absolute Gasteiger partial charge is 0.220 e. The fraction of sp³-hybridized carbons (Fsp3) is 0.895. The van der Waals surface area contributed by atoms with E-state index in [-0.39, 0.29) is 60.0 Å². The Morgan fingerprint density at radius 2 is 0.573 bits per heavy atom. The molecule has 12 N–H and O–H groups in total. The molecule has 0 bridgehead atoms. The molecule has 0 saturated heterocycles. The van der Waals surface area contributed by atoms with Crippen molar-refractivity contribution in [1.82, 2.24) is 21.3 Å². The van der Waals surface area contributed by atoms with Gasteiger partial charge in [0.25, 0.3) is 0 Å². The second kappa shape index (κ2) is 73.5. The second-order valence-electron chi connectivity index (χ2n) is 27.3. The van der Waals surface area contributed by atoms with Crippen molar-refractivity contribution in [3.05, 3.63) is 45.2 Å². The largest absolute Gasteiger partial charge is 0.392 e. The number of hydrogen-bond acceptors (Lipinski definition) is 12. The first-order valence-electron chi connectivity index (χ1n) is 39.4. The number of nitrogens with one attached hydrogen (secondary N) is 4. The first kappa shape index (κ1) is 93.8. The van der Waals surface area contributed by atoms with Crippen LogP contribution >= 0.6 is 0 Å². The van der Waals surface area contributed by atoms with Gasteiger partial charge in [-0.25, -0.2) is 0 Å². The third-order valence-corrected chi connectivity index (χ3v) is 18.2. The van der Waals surface area contributed by atoms with Crippen LogP contribution in [0.15, 0.2) is 34.5 Å². The van der Waals surface area contributed by atoms with Crippen LogP contribution in [0, 0.1) is 0 Å². The van der Waals surface area contributed by atoms with Crippen molar-refractivity contribution in [2.75, 3.05) is 26.2 Å². The molecule has 0 fully saturated rings. The van der Waals surface area contributed by atoms with Crippen LogP contribution in [0.25, 0.3) is 20.9 Å². The van der Waals surface area contributed by atoms with Crippen LogP contribution in [-0.2, 0) is 19.2 Å². The van der Waals surface area contributed by atoms with Gasteiger partial charge in [0.15, 0.2) is 0 Å². The zero-order chi connectivity index (χ0) is 71.0. The lowest BCUT2D eigenvalue weighted by Crippen LogP contribution is -2.34. The van der Waals surface area contributed by atoms with Gasteiger partial charge in [0.2, 0.25) is 23.6 Å². The molecule has 20 heteroatoms. The Hall–Kier alpha value is -4.26. The van der Waals surface area contributed by atoms with Crippen LogP contribution in [-0.4, -0.2) is 119 Å². The highest BCUT2D eigenvalue weighted by molar-refractivity contribution is 5.77. The average molecular weight is 1360 g/mol. The minimum atomic E-state index is -0.630. The lowest BCUT2D eigenvalue weighted by molar-refractivity contribution is -0.123. The van der Waals surface area contributed by atoms with Gasteiger partial charge in [-0.2, -0.15) is 0 Å². The minimum absolute atomic E-state index is 0.0280. The molecule has 8 unspecified atom stereocenters. The first-order chi connectivity index (χ1) is 46.7. The molecule has 0 radical (unpaired) electrons. The Morgan fingerprint density at radius 3 is 0.844 bits per heavy atom. The van der Waals surface area contributed by atoms with Crippen molar-refractivity contribution in [1.29, 1.82) is 0 Å². The zero-order valence-corrected chi connectivity index (χ0v) is 61.8. The van der Waals surface area contributed by atoms with Gasteiger partial charge in [-0.15, -0.1) is 0 Å². The summed E-state index contributed by atoms with van der Waals surface area (Å²) in [5.74, 6) is 0.200. The normalized spacial score (nSPS) is 13.9. The molecule has 0 aliphatic heterocycles. The molecular formula is C76H148N12O8. The summed E-state index contributed by atoms with van der Waals surface area (Å²) < 4.78 is 0. The molecule has 96 heavy (non-hydrogen) atoms. The summed E-state index contributed by atoms with van der Waals surface area (Å²) in [5.41, 5.74) is 29.7. The quantitative estimate of drug-likeness (QED) is 0.00902. The summed E-state index contributed by atoms with van der Waals surface area (Å²) in [6.45, 7) is 10.5. The Kier molecular flexibility index (Phi) is 71.8. The van der Waals surface area contributed by atoms with Gasteiger partial charge in [0, 0.05) is 73.8 Å². The molecule has 4 amide bonds. The van der Waals surface area contributed by atoms with Crippen LogP contribution in [0.2, 0.25) is 0 Å². The van der Waals surface area contributed by atoms with Crippen molar-refractivity contribution >= 4 is 23.6 Å². The lowest BCUT2D eigenvalue weighted by Gasteiger charge is -2.18. The molecule has 0 spiro atoms. The topological polar surface area (TPSA) is 347 Å². The minimum Gasteiger partial charge on any atom is -0.392 e. The maximum absolute atomic E-state index is 12.1. The molecule has 0 rings (SSSR count). The Labute approximate surface area is 585 Å². The van der Waals surface area contributed by atoms with Crippen molar-refractivity contribution in [3.63, 3.8) is 0 Å². The molecular weight excluding hydrogens is 1210 g/mol. The highest BCUT2D eigenvalue weighted by Gasteiger charge is 2.19. The fourth-order valence-corrected chi connectivity index (χ4v) is 11.8. The number of amides is 4. The highest BCUT2D eigenvalue weighted by Crippen LogP contribution is 2.19. The Morgan fingerprint density at radius 1 is 0.333 bits per heavy atom. The summed E-state index contributed by atoms with van der Waals surface area (Å²) in [6.07, 6.45) is 57.6. The number of rotatable bonds is 70. The molecule has 0 saturated carbocycles. The second-order valence-corrected chi connectivity index (χ2v) is 27.3. The number of unbranched alkanes of at least 4 members (excludes halogenated alkanes) is 32. The maximum atomic E-state index is 12.1. The van der Waals surface area contributed by atoms with E-state index in [2.05, 4.69) is 81.2 Å². The highest BCUT2D eigenvalue weighted by atomic mass is 16.3. The lowest BCUT2D eigenvalue weighted by atomic mass is 9.99. The van der Waals surface area contributed by atoms with E-state index in [0.29, 0.717) is 64.7 Å². The van der Waals surface area contributed by atoms with Gasteiger partial charge in [-0.05, 0) is 114 Å². The Balaban J connectivity index is 0. The van der Waals surface area contributed by atoms with Gasteiger partial charge in [-0.3, -0.25) is 19.2 Å². The van der Waals surface area contributed by atoms with Crippen molar-refractivity contribution in [3.8, 4) is 0 Å². The van der Waals surface area contributed by atoms with Gasteiger partial charge >= 0.3 is 0 Å². The van der Waals surface area contributed by atoms with Crippen molar-refractivity contribution < 1.29 is 39.6 Å². The molecule has 20 nitrogen and oxygen atoms in total. The van der Waals surface area contributed by atoms with Crippen LogP contribution in [0.1, 0.15) is 362 Å². The SMILES string of the molecule is CCCCCC(N)C(O)CCCCCCCCCCC(=O)NCCNC(=O)CCCCCCCCCCC(O)C(N)CCCCC.CCCCCC(N=[N+]=[N-])C(O)CC=CCCCCCCCC(=O)NCCNC(=O)CCCCCCCC=CCC(O)C(CCCCC)N=[N+]=[N-].